The van der Waals surface area contributed by atoms with Gasteiger partial charge in [-0.15, -0.1) is 0 Å². The summed E-state index contributed by atoms with van der Waals surface area (Å²) in [6, 6.07) is 8.73. The Morgan fingerprint density at radius 3 is 2.75 bits per heavy atom. The highest BCUT2D eigenvalue weighted by atomic mass is 16.5. The third-order valence-electron chi connectivity index (χ3n) is 3.69. The Labute approximate surface area is 118 Å². The molecule has 1 N–H and O–H groups in total. The molecule has 0 spiro atoms. The van der Waals surface area contributed by atoms with Crippen LogP contribution in [0.2, 0.25) is 0 Å². The fourth-order valence-corrected chi connectivity index (χ4v) is 2.44. The number of hydrogen-bond acceptors (Lipinski definition) is 5. The number of aromatic nitrogens is 2. The Bertz CT molecular complexity index is 521. The summed E-state index contributed by atoms with van der Waals surface area (Å²) in [7, 11) is 1.69. The molecule has 20 heavy (non-hydrogen) atoms. The van der Waals surface area contributed by atoms with Crippen molar-refractivity contribution < 1.29 is 9.26 Å². The predicted octanol–water partition coefficient (Wildman–Crippen LogP) is 2.36. The molecule has 0 aliphatic heterocycles. The lowest BCUT2D eigenvalue weighted by Gasteiger charge is -2.18. The van der Waals surface area contributed by atoms with Gasteiger partial charge in [0.15, 0.2) is 5.82 Å². The van der Waals surface area contributed by atoms with Crippen molar-refractivity contribution in [1.29, 1.82) is 0 Å². The molecule has 5 heteroatoms. The highest BCUT2D eigenvalue weighted by Gasteiger charge is 2.31. The molecule has 5 nitrogen and oxygen atoms in total. The Morgan fingerprint density at radius 2 is 2.15 bits per heavy atom. The number of methoxy groups -OCH3 is 1. The van der Waals surface area contributed by atoms with Crippen molar-refractivity contribution in [2.24, 2.45) is 5.92 Å². The van der Waals surface area contributed by atoms with E-state index in [9.17, 15) is 0 Å². The zero-order valence-corrected chi connectivity index (χ0v) is 11.6. The summed E-state index contributed by atoms with van der Waals surface area (Å²) >= 11 is 0. The molecule has 1 fully saturated rings. The van der Waals surface area contributed by atoms with Crippen molar-refractivity contribution >= 4 is 0 Å². The maximum atomic E-state index is 5.21. The predicted molar refractivity (Wildman–Crippen MR) is 74.5 cm³/mol. The Morgan fingerprint density at radius 1 is 1.35 bits per heavy atom. The van der Waals surface area contributed by atoms with E-state index < -0.39 is 0 Å². The largest absolute Gasteiger partial charge is 0.497 e. The van der Waals surface area contributed by atoms with Crippen molar-refractivity contribution in [3.8, 4) is 5.75 Å². The van der Waals surface area contributed by atoms with Gasteiger partial charge in [-0.2, -0.15) is 4.98 Å². The first-order valence-corrected chi connectivity index (χ1v) is 6.99. The summed E-state index contributed by atoms with van der Waals surface area (Å²) in [6.07, 6.45) is 4.75. The Hall–Kier alpha value is -1.88. The molecule has 106 valence electrons. The van der Waals surface area contributed by atoms with Gasteiger partial charge < -0.3 is 14.6 Å². The number of ether oxygens (including phenoxy) is 1. The van der Waals surface area contributed by atoms with E-state index in [0.717, 1.165) is 30.5 Å². The van der Waals surface area contributed by atoms with Crippen LogP contribution in [0, 0.1) is 5.92 Å². The van der Waals surface area contributed by atoms with E-state index in [-0.39, 0.29) is 0 Å². The molecule has 1 unspecified atom stereocenters. The van der Waals surface area contributed by atoms with E-state index in [2.05, 4.69) is 27.6 Å². The Balaban J connectivity index is 1.60. The molecule has 1 saturated carbocycles. The first kappa shape index (κ1) is 13.1. The molecular weight excluding hydrogens is 254 g/mol. The minimum Gasteiger partial charge on any atom is -0.497 e. The van der Waals surface area contributed by atoms with Crippen LogP contribution in [0.3, 0.4) is 0 Å². The van der Waals surface area contributed by atoms with Crippen LogP contribution in [0.5, 0.6) is 5.75 Å². The molecule has 0 bridgehead atoms. The zero-order valence-electron chi connectivity index (χ0n) is 11.6. The first-order valence-electron chi connectivity index (χ1n) is 6.99. The smallest absolute Gasteiger partial charge is 0.213 e. The normalized spacial score (nSPS) is 16.1. The average molecular weight is 273 g/mol. The van der Waals surface area contributed by atoms with Gasteiger partial charge in [0.2, 0.25) is 6.39 Å². The highest BCUT2D eigenvalue weighted by Crippen LogP contribution is 2.41. The van der Waals surface area contributed by atoms with E-state index in [1.165, 1.54) is 24.8 Å². The minimum absolute atomic E-state index is 0.410. The van der Waals surface area contributed by atoms with Crippen molar-refractivity contribution in [2.75, 3.05) is 13.7 Å². The van der Waals surface area contributed by atoms with E-state index >= 15 is 0 Å². The van der Waals surface area contributed by atoms with E-state index in [0.29, 0.717) is 6.04 Å². The van der Waals surface area contributed by atoms with Crippen LogP contribution in [-0.2, 0) is 6.42 Å². The van der Waals surface area contributed by atoms with Gasteiger partial charge in [0.1, 0.15) is 5.75 Å². The number of hydrogen-bond donors (Lipinski definition) is 1. The van der Waals surface area contributed by atoms with Gasteiger partial charge in [0, 0.05) is 19.0 Å². The van der Waals surface area contributed by atoms with Gasteiger partial charge in [-0.25, -0.2) is 0 Å². The summed E-state index contributed by atoms with van der Waals surface area (Å²) in [4.78, 5) is 4.03. The fourth-order valence-electron chi connectivity index (χ4n) is 2.44. The fraction of sp³-hybridized carbons (Fsp3) is 0.467. The first-order chi connectivity index (χ1) is 9.86. The van der Waals surface area contributed by atoms with Crippen molar-refractivity contribution in [2.45, 2.75) is 25.3 Å². The number of nitrogens with zero attached hydrogens (tertiary/aromatic N) is 2. The summed E-state index contributed by atoms with van der Waals surface area (Å²) in [5.41, 5.74) is 1.32. The molecule has 1 heterocycles. The third-order valence-corrected chi connectivity index (χ3v) is 3.69. The lowest BCUT2D eigenvalue weighted by Crippen LogP contribution is -2.25. The van der Waals surface area contributed by atoms with Crippen LogP contribution >= 0.6 is 0 Å². The standard InChI is InChI=1S/C15H19N3O2/c1-19-13-6-4-12(5-7-13)15(11-2-3-11)16-9-8-14-17-10-20-18-14/h4-7,10-11,15-16H,2-3,8-9H2,1H3. The van der Waals surface area contributed by atoms with E-state index in [4.69, 9.17) is 9.26 Å². The van der Waals surface area contributed by atoms with Gasteiger partial charge >= 0.3 is 0 Å². The van der Waals surface area contributed by atoms with E-state index in [1.54, 1.807) is 7.11 Å². The molecule has 0 radical (unpaired) electrons. The summed E-state index contributed by atoms with van der Waals surface area (Å²) in [6.45, 7) is 0.854. The van der Waals surface area contributed by atoms with Gasteiger partial charge in [0.05, 0.1) is 7.11 Å². The van der Waals surface area contributed by atoms with Crippen LogP contribution < -0.4 is 10.1 Å². The molecule has 1 aromatic heterocycles. The van der Waals surface area contributed by atoms with Crippen molar-refractivity contribution in [1.82, 2.24) is 15.5 Å². The van der Waals surface area contributed by atoms with Gasteiger partial charge in [-0.05, 0) is 36.5 Å². The SMILES string of the molecule is COc1ccc(C(NCCc2ncon2)C2CC2)cc1. The highest BCUT2D eigenvalue weighted by molar-refractivity contribution is 5.30. The zero-order chi connectivity index (χ0) is 13.8. The van der Waals surface area contributed by atoms with Crippen LogP contribution in [0.15, 0.2) is 35.2 Å². The van der Waals surface area contributed by atoms with Gasteiger partial charge in [-0.3, -0.25) is 0 Å². The van der Waals surface area contributed by atoms with Gasteiger partial charge in [0.25, 0.3) is 0 Å². The van der Waals surface area contributed by atoms with Gasteiger partial charge in [-0.1, -0.05) is 17.3 Å². The van der Waals surface area contributed by atoms with E-state index in [1.807, 2.05) is 12.1 Å². The maximum absolute atomic E-state index is 5.21. The molecular formula is C15H19N3O2. The topological polar surface area (TPSA) is 60.2 Å². The van der Waals surface area contributed by atoms with Crippen LogP contribution in [-0.4, -0.2) is 23.8 Å². The molecule has 1 aromatic carbocycles. The molecule has 0 amide bonds. The van der Waals surface area contributed by atoms with Crippen LogP contribution in [0.1, 0.15) is 30.3 Å². The molecule has 0 saturated heterocycles. The quantitative estimate of drug-likeness (QED) is 0.839. The second kappa shape index (κ2) is 6.05. The lowest BCUT2D eigenvalue weighted by atomic mass is 10.0. The summed E-state index contributed by atoms with van der Waals surface area (Å²) in [5, 5.41) is 7.44. The maximum Gasteiger partial charge on any atom is 0.213 e. The van der Waals surface area contributed by atoms with Crippen LogP contribution in [0.25, 0.3) is 0 Å². The lowest BCUT2D eigenvalue weighted by molar-refractivity contribution is 0.406. The molecule has 1 aliphatic carbocycles. The minimum atomic E-state index is 0.410. The molecule has 3 rings (SSSR count). The summed E-state index contributed by atoms with van der Waals surface area (Å²) < 4.78 is 9.95. The number of rotatable bonds is 7. The number of benzene rings is 1. The number of nitrogens with one attached hydrogen (secondary N) is 1. The second-order valence-corrected chi connectivity index (χ2v) is 5.14. The average Bonchev–Trinajstić information content (AvgIpc) is 3.20. The van der Waals surface area contributed by atoms with Crippen molar-refractivity contribution in [3.05, 3.63) is 42.0 Å². The Kier molecular flexibility index (Phi) is 3.97. The third kappa shape index (κ3) is 3.17. The molecule has 1 aliphatic rings. The summed E-state index contributed by atoms with van der Waals surface area (Å²) in [5.74, 6) is 2.39. The van der Waals surface area contributed by atoms with Crippen LogP contribution in [0.4, 0.5) is 0 Å². The molecule has 1 atom stereocenters. The monoisotopic (exact) mass is 273 g/mol. The second-order valence-electron chi connectivity index (χ2n) is 5.14. The van der Waals surface area contributed by atoms with Crippen molar-refractivity contribution in [3.63, 3.8) is 0 Å². The molecule has 2 aromatic rings.